The molecule has 0 aliphatic carbocycles. The van der Waals surface area contributed by atoms with Crippen LogP contribution in [-0.4, -0.2) is 50.0 Å². The Balaban J connectivity index is 1.40. The largest absolute Gasteiger partial charge is 0.322 e. The summed E-state index contributed by atoms with van der Waals surface area (Å²) < 4.78 is 1.72. The van der Waals surface area contributed by atoms with E-state index in [4.69, 9.17) is 0 Å². The Labute approximate surface area is 191 Å². The van der Waals surface area contributed by atoms with Crippen molar-refractivity contribution in [3.05, 3.63) is 83.7 Å². The molecular weight excluding hydrogens is 418 g/mol. The molecule has 1 aliphatic heterocycles. The van der Waals surface area contributed by atoms with Crippen LogP contribution < -0.4 is 5.32 Å². The topological polar surface area (TPSA) is 62.5 Å². The number of fused-ring (bicyclic) bond motifs is 1. The van der Waals surface area contributed by atoms with Crippen LogP contribution in [0.2, 0.25) is 0 Å². The van der Waals surface area contributed by atoms with Gasteiger partial charge < -0.3 is 5.32 Å². The third-order valence-electron chi connectivity index (χ3n) is 5.91. The van der Waals surface area contributed by atoms with E-state index in [0.717, 1.165) is 42.1 Å². The lowest BCUT2D eigenvalue weighted by Crippen LogP contribution is -2.32. The number of anilines is 1. The number of carbonyl (C=O) groups is 1. The molecule has 4 aromatic rings. The lowest BCUT2D eigenvalue weighted by atomic mass is 10.1. The maximum Gasteiger partial charge on any atom is 0.261 e. The number of amides is 1. The lowest BCUT2D eigenvalue weighted by molar-refractivity contribution is 0.102. The second-order valence-corrected chi connectivity index (χ2v) is 9.15. The van der Waals surface area contributed by atoms with E-state index >= 15 is 0 Å². The fraction of sp³-hybridized carbons (Fsp3) is 0.240. The predicted molar refractivity (Wildman–Crippen MR) is 130 cm³/mol. The number of thioether (sulfide) groups is 1. The van der Waals surface area contributed by atoms with Gasteiger partial charge in [-0.1, -0.05) is 42.5 Å². The molecule has 0 bridgehead atoms. The molecule has 2 aromatic heterocycles. The van der Waals surface area contributed by atoms with Gasteiger partial charge in [-0.05, 0) is 30.2 Å². The van der Waals surface area contributed by atoms with Crippen molar-refractivity contribution in [1.82, 2.24) is 19.5 Å². The number of carbonyl (C=O) groups excluding carboxylic acids is 1. The minimum absolute atomic E-state index is 0.202. The number of hydrogen-bond acceptors (Lipinski definition) is 5. The normalized spacial score (nSPS) is 14.5. The van der Waals surface area contributed by atoms with Gasteiger partial charge in [0.15, 0.2) is 5.65 Å². The first-order valence-electron chi connectivity index (χ1n) is 10.8. The molecule has 2 aromatic carbocycles. The fourth-order valence-electron chi connectivity index (χ4n) is 4.06. The van der Waals surface area contributed by atoms with Crippen LogP contribution in [0.1, 0.15) is 21.5 Å². The molecule has 1 fully saturated rings. The Kier molecular flexibility index (Phi) is 5.92. The number of rotatable bonds is 5. The first kappa shape index (κ1) is 20.7. The van der Waals surface area contributed by atoms with Gasteiger partial charge in [0.25, 0.3) is 5.91 Å². The van der Waals surface area contributed by atoms with Gasteiger partial charge in [-0.3, -0.25) is 9.69 Å². The molecular formula is C25H25N5OS. The van der Waals surface area contributed by atoms with Gasteiger partial charge in [-0.2, -0.15) is 16.9 Å². The summed E-state index contributed by atoms with van der Waals surface area (Å²) in [6.07, 6.45) is 3.31. The fourth-order valence-corrected chi connectivity index (χ4v) is 5.04. The van der Waals surface area contributed by atoms with E-state index < -0.39 is 0 Å². The summed E-state index contributed by atoms with van der Waals surface area (Å²) in [6, 6.07) is 18.0. The van der Waals surface area contributed by atoms with Gasteiger partial charge in [0.2, 0.25) is 0 Å². The number of hydrogen-bond donors (Lipinski definition) is 1. The third kappa shape index (κ3) is 4.13. The Morgan fingerprint density at radius 3 is 2.69 bits per heavy atom. The zero-order valence-corrected chi connectivity index (χ0v) is 18.8. The molecule has 0 saturated carbocycles. The van der Waals surface area contributed by atoms with Crippen molar-refractivity contribution in [2.45, 2.75) is 13.5 Å². The molecule has 6 nitrogen and oxygen atoms in total. The molecule has 7 heteroatoms. The summed E-state index contributed by atoms with van der Waals surface area (Å²) >= 11 is 2.01. The van der Waals surface area contributed by atoms with Crippen molar-refractivity contribution >= 4 is 29.0 Å². The Bertz CT molecular complexity index is 1250. The first-order valence-corrected chi connectivity index (χ1v) is 11.9. The number of nitrogens with zero attached hydrogens (tertiary/aromatic N) is 4. The van der Waals surface area contributed by atoms with E-state index in [1.165, 1.54) is 17.1 Å². The second kappa shape index (κ2) is 9.14. The molecule has 3 heterocycles. The molecule has 32 heavy (non-hydrogen) atoms. The molecule has 1 amide bonds. The molecule has 1 saturated heterocycles. The molecule has 0 radical (unpaired) electrons. The van der Waals surface area contributed by atoms with Crippen LogP contribution in [-0.2, 0) is 6.54 Å². The standard InChI is InChI=1S/C25H25N5OS/c1-18-20(17-29-12-14-32-15-13-29)8-5-9-22(18)28-25(31)21-16-27-30-23(10-11-26-24(21)30)19-6-3-2-4-7-19/h2-11,16H,12-15,17H2,1H3,(H,28,31). The molecule has 1 N–H and O–H groups in total. The van der Waals surface area contributed by atoms with Gasteiger partial charge >= 0.3 is 0 Å². The highest BCUT2D eigenvalue weighted by Gasteiger charge is 2.18. The smallest absolute Gasteiger partial charge is 0.261 e. The van der Waals surface area contributed by atoms with Gasteiger partial charge in [0.05, 0.1) is 11.9 Å². The van der Waals surface area contributed by atoms with E-state index in [1.807, 2.05) is 60.3 Å². The number of aromatic nitrogens is 3. The summed E-state index contributed by atoms with van der Waals surface area (Å²) in [7, 11) is 0. The van der Waals surface area contributed by atoms with Crippen molar-refractivity contribution in [3.8, 4) is 11.3 Å². The van der Waals surface area contributed by atoms with Crippen LogP contribution >= 0.6 is 11.8 Å². The maximum absolute atomic E-state index is 13.2. The highest BCUT2D eigenvalue weighted by molar-refractivity contribution is 7.99. The molecule has 0 unspecified atom stereocenters. The van der Waals surface area contributed by atoms with Gasteiger partial charge in [-0.15, -0.1) is 0 Å². The van der Waals surface area contributed by atoms with E-state index in [9.17, 15) is 4.79 Å². The third-order valence-corrected chi connectivity index (χ3v) is 6.85. The summed E-state index contributed by atoms with van der Waals surface area (Å²) in [5.41, 5.74) is 6.11. The first-order chi connectivity index (χ1) is 15.7. The predicted octanol–water partition coefficient (Wildman–Crippen LogP) is 4.51. The van der Waals surface area contributed by atoms with Crippen molar-refractivity contribution in [1.29, 1.82) is 0 Å². The molecule has 0 spiro atoms. The SMILES string of the molecule is Cc1c(CN2CCSCC2)cccc1NC(=O)c1cnn2c(-c3ccccc3)ccnc12. The quantitative estimate of drug-likeness (QED) is 0.492. The lowest BCUT2D eigenvalue weighted by Gasteiger charge is -2.27. The summed E-state index contributed by atoms with van der Waals surface area (Å²) in [5, 5.41) is 7.55. The van der Waals surface area contributed by atoms with E-state index in [-0.39, 0.29) is 5.91 Å². The summed E-state index contributed by atoms with van der Waals surface area (Å²) in [4.78, 5) is 20.1. The minimum atomic E-state index is -0.202. The van der Waals surface area contributed by atoms with Crippen LogP contribution in [0.25, 0.3) is 16.9 Å². The second-order valence-electron chi connectivity index (χ2n) is 7.92. The van der Waals surface area contributed by atoms with Crippen LogP contribution in [0, 0.1) is 6.92 Å². The van der Waals surface area contributed by atoms with Crippen LogP contribution in [0.5, 0.6) is 0 Å². The molecule has 0 atom stereocenters. The van der Waals surface area contributed by atoms with E-state index in [1.54, 1.807) is 16.9 Å². The maximum atomic E-state index is 13.2. The number of nitrogens with one attached hydrogen (secondary N) is 1. The molecule has 1 aliphatic rings. The average molecular weight is 444 g/mol. The van der Waals surface area contributed by atoms with Crippen molar-refractivity contribution in [2.75, 3.05) is 29.9 Å². The Hall–Kier alpha value is -3.16. The van der Waals surface area contributed by atoms with Crippen LogP contribution in [0.15, 0.2) is 67.0 Å². The zero-order valence-electron chi connectivity index (χ0n) is 18.0. The Morgan fingerprint density at radius 2 is 1.88 bits per heavy atom. The van der Waals surface area contributed by atoms with E-state index in [0.29, 0.717) is 11.2 Å². The zero-order chi connectivity index (χ0) is 21.9. The highest BCUT2D eigenvalue weighted by atomic mass is 32.2. The summed E-state index contributed by atoms with van der Waals surface area (Å²) in [6.45, 7) is 5.21. The van der Waals surface area contributed by atoms with Gasteiger partial charge in [0, 0.05) is 48.6 Å². The van der Waals surface area contributed by atoms with Crippen LogP contribution in [0.3, 0.4) is 0 Å². The minimum Gasteiger partial charge on any atom is -0.322 e. The number of benzene rings is 2. The van der Waals surface area contributed by atoms with Crippen molar-refractivity contribution in [3.63, 3.8) is 0 Å². The Morgan fingerprint density at radius 1 is 1.06 bits per heavy atom. The van der Waals surface area contributed by atoms with Gasteiger partial charge in [0.1, 0.15) is 5.56 Å². The molecule has 162 valence electrons. The average Bonchev–Trinajstić information content (AvgIpc) is 3.27. The van der Waals surface area contributed by atoms with Crippen molar-refractivity contribution < 1.29 is 4.79 Å². The molecule has 5 rings (SSSR count). The van der Waals surface area contributed by atoms with Crippen molar-refractivity contribution in [2.24, 2.45) is 0 Å². The van der Waals surface area contributed by atoms with E-state index in [2.05, 4.69) is 33.3 Å². The van der Waals surface area contributed by atoms with Crippen LogP contribution in [0.4, 0.5) is 5.69 Å². The highest BCUT2D eigenvalue weighted by Crippen LogP contribution is 2.24. The summed E-state index contributed by atoms with van der Waals surface area (Å²) in [5.74, 6) is 2.16. The monoisotopic (exact) mass is 443 g/mol. The van der Waals surface area contributed by atoms with Gasteiger partial charge in [-0.25, -0.2) is 9.50 Å².